The smallest absolute Gasteiger partial charge is 0.330 e. The van der Waals surface area contributed by atoms with Crippen molar-refractivity contribution in [1.82, 2.24) is 0 Å². The molecule has 35 nitrogen and oxygen atoms in total. The molecule has 0 aliphatic carbocycles. The monoisotopic (exact) mass is 1480 g/mol. The summed E-state index contributed by atoms with van der Waals surface area (Å²) >= 11 is 0. The van der Waals surface area contributed by atoms with E-state index in [1.165, 1.54) is 69.8 Å². The van der Waals surface area contributed by atoms with E-state index >= 15 is 0 Å². The molecule has 590 valence electrons. The second kappa shape index (κ2) is 52.3. The van der Waals surface area contributed by atoms with Crippen molar-refractivity contribution in [2.45, 2.75) is 224 Å². The summed E-state index contributed by atoms with van der Waals surface area (Å²) in [6.07, 6.45) is 2.20. The first-order valence-electron chi connectivity index (χ1n) is 32.2. The van der Waals surface area contributed by atoms with Gasteiger partial charge in [0.2, 0.25) is 0 Å². The number of hydrogen-bond donors (Lipinski definition) is 0. The number of rotatable bonds is 26. The van der Waals surface area contributed by atoms with Crippen LogP contribution in [-0.2, 0) is 167 Å². The summed E-state index contributed by atoms with van der Waals surface area (Å²) < 4.78 is 63.2. The highest BCUT2D eigenvalue weighted by Gasteiger charge is 2.48. The molecule has 0 saturated carbocycles. The maximum absolute atomic E-state index is 11.6. The van der Waals surface area contributed by atoms with Gasteiger partial charge in [-0.2, -0.15) is 0 Å². The summed E-state index contributed by atoms with van der Waals surface area (Å²) in [5.41, 5.74) is -9.81. The standard InChI is InChI=1S/C11H18O5.3C10H16O5.3C9H14O5/c1-5-7-15-9(13)11(4,6-2)10(14)16-8(3)12;3*1-5-10(4,8(12)14-6-2)9(13)15-7(3)11;3*1-5-9(3,7(11)13-4)8(12)14-6(2)10/h5-7H2,1-4H3;3*5-6H2,1-4H3;3*5H2,1-4H3. The predicted molar refractivity (Wildman–Crippen MR) is 353 cm³/mol. The Kier molecular flexibility index (Phi) is 54.1. The minimum Gasteiger partial charge on any atom is -0.468 e. The van der Waals surface area contributed by atoms with E-state index in [0.29, 0.717) is 6.42 Å². The average molecular weight is 1490 g/mol. The zero-order chi connectivity index (χ0) is 83.0. The quantitative estimate of drug-likeness (QED) is 0.0499. The van der Waals surface area contributed by atoms with E-state index in [1.807, 2.05) is 6.92 Å². The summed E-state index contributed by atoms with van der Waals surface area (Å²) in [7, 11) is 3.53. The molecule has 0 radical (unpaired) electrons. The lowest BCUT2D eigenvalue weighted by molar-refractivity contribution is -0.177. The fourth-order valence-corrected chi connectivity index (χ4v) is 6.21. The number of methoxy groups -OCH3 is 3. The molecule has 0 bridgehead atoms. The highest BCUT2D eigenvalue weighted by molar-refractivity contribution is 6.07. The van der Waals surface area contributed by atoms with Crippen molar-refractivity contribution in [1.29, 1.82) is 0 Å². The van der Waals surface area contributed by atoms with Crippen LogP contribution < -0.4 is 0 Å². The molecule has 0 aromatic carbocycles. The van der Waals surface area contributed by atoms with E-state index in [1.54, 1.807) is 69.2 Å². The van der Waals surface area contributed by atoms with Gasteiger partial charge in [0.05, 0.1) is 47.8 Å². The van der Waals surface area contributed by atoms with Crippen LogP contribution in [0.4, 0.5) is 0 Å². The van der Waals surface area contributed by atoms with Crippen LogP contribution in [0.25, 0.3) is 0 Å². The van der Waals surface area contributed by atoms with Gasteiger partial charge >= 0.3 is 125 Å². The molecule has 7 unspecified atom stereocenters. The molecule has 0 aliphatic rings. The van der Waals surface area contributed by atoms with Crippen LogP contribution in [0.5, 0.6) is 0 Å². The van der Waals surface area contributed by atoms with Crippen LogP contribution in [-0.4, -0.2) is 173 Å². The highest BCUT2D eigenvalue weighted by atomic mass is 16.6. The van der Waals surface area contributed by atoms with Crippen LogP contribution in [0, 0.1) is 37.9 Å². The third-order valence-corrected chi connectivity index (χ3v) is 14.7. The van der Waals surface area contributed by atoms with Gasteiger partial charge in [-0.15, -0.1) is 0 Å². The third-order valence-electron chi connectivity index (χ3n) is 14.7. The van der Waals surface area contributed by atoms with Gasteiger partial charge in [-0.05, 0) is 121 Å². The van der Waals surface area contributed by atoms with Crippen LogP contribution in [0.15, 0.2) is 0 Å². The molecule has 103 heavy (non-hydrogen) atoms. The van der Waals surface area contributed by atoms with Gasteiger partial charge in [0.15, 0.2) is 37.9 Å². The molecule has 0 aliphatic heterocycles. The van der Waals surface area contributed by atoms with E-state index in [9.17, 15) is 101 Å². The molecule has 0 amide bonds. The summed E-state index contributed by atoms with van der Waals surface area (Å²) in [5.74, 6) is -16.0. The van der Waals surface area contributed by atoms with E-state index in [-0.39, 0.29) is 71.4 Å². The Hall–Kier alpha value is -9.73. The van der Waals surface area contributed by atoms with E-state index < -0.39 is 163 Å². The zero-order valence-electron chi connectivity index (χ0n) is 64.8. The molecule has 0 aromatic rings. The molecule has 35 heteroatoms. The van der Waals surface area contributed by atoms with Crippen LogP contribution >= 0.6 is 0 Å². The normalized spacial score (nSPS) is 13.9. The van der Waals surface area contributed by atoms with Crippen molar-refractivity contribution >= 4 is 125 Å². The van der Waals surface area contributed by atoms with Crippen LogP contribution in [0.1, 0.15) is 224 Å². The van der Waals surface area contributed by atoms with Crippen molar-refractivity contribution in [3.8, 4) is 0 Å². The minimum atomic E-state index is -1.40. The van der Waals surface area contributed by atoms with Gasteiger partial charge in [0, 0.05) is 48.5 Å². The van der Waals surface area contributed by atoms with Gasteiger partial charge in [-0.25, -0.2) is 0 Å². The number of hydrogen-bond acceptors (Lipinski definition) is 35. The second-order valence-corrected chi connectivity index (χ2v) is 22.7. The van der Waals surface area contributed by atoms with Crippen molar-refractivity contribution in [2.75, 3.05) is 47.8 Å². The number of esters is 21. The minimum absolute atomic E-state index is 0.182. The van der Waals surface area contributed by atoms with Gasteiger partial charge < -0.3 is 66.3 Å². The molecule has 0 aromatic heterocycles. The number of ether oxygens (including phenoxy) is 14. The topological polar surface area (TPSA) is 488 Å². The highest BCUT2D eigenvalue weighted by Crippen LogP contribution is 2.30. The molecule has 7 atom stereocenters. The SMILES string of the molecule is CCC(C)(C(=O)OC)C(=O)OC(C)=O.CCC(C)(C(=O)OC)C(=O)OC(C)=O.CCC(C)(C(=O)OC)C(=O)OC(C)=O.CCCOC(=O)C(C)(CC)C(=O)OC(C)=O.CCOC(=O)C(C)(CC)C(=O)OC(C)=O.CCOC(=O)C(C)(CC)C(=O)OC(C)=O.CCOC(=O)C(C)(CC)C(=O)OC(C)=O. The first-order valence-corrected chi connectivity index (χ1v) is 32.2. The Labute approximate surface area is 600 Å². The summed E-state index contributed by atoms with van der Waals surface area (Å²) in [6.45, 7) is 36.6. The zero-order valence-corrected chi connectivity index (χ0v) is 64.8. The Balaban J connectivity index is -0.000000209. The third kappa shape index (κ3) is 37.1. The van der Waals surface area contributed by atoms with E-state index in [0.717, 1.165) is 48.5 Å². The molecule has 0 fully saturated rings. The lowest BCUT2D eigenvalue weighted by atomic mass is 9.88. The Morgan fingerprint density at radius 2 is 0.330 bits per heavy atom. The molecule has 0 rings (SSSR count). The molecule has 0 saturated heterocycles. The maximum Gasteiger partial charge on any atom is 0.330 e. The lowest BCUT2D eigenvalue weighted by Gasteiger charge is -2.22. The first-order chi connectivity index (χ1) is 47.2. The summed E-state index contributed by atoms with van der Waals surface area (Å²) in [4.78, 5) is 234. The van der Waals surface area contributed by atoms with Gasteiger partial charge in [0.25, 0.3) is 0 Å². The van der Waals surface area contributed by atoms with Crippen LogP contribution in [0.3, 0.4) is 0 Å². The van der Waals surface area contributed by atoms with Crippen molar-refractivity contribution in [2.24, 2.45) is 37.9 Å². The van der Waals surface area contributed by atoms with Crippen molar-refractivity contribution in [3.63, 3.8) is 0 Å². The largest absolute Gasteiger partial charge is 0.468 e. The average Bonchev–Trinajstić information content (AvgIpc) is 0.905. The maximum atomic E-state index is 11.6. The van der Waals surface area contributed by atoms with Gasteiger partial charge in [-0.3, -0.25) is 101 Å². The molecular weight excluding hydrogens is 1380 g/mol. The van der Waals surface area contributed by atoms with Gasteiger partial charge in [-0.1, -0.05) is 55.4 Å². The second-order valence-electron chi connectivity index (χ2n) is 22.7. The summed E-state index contributed by atoms with van der Waals surface area (Å²) in [6, 6.07) is 0. The fourth-order valence-electron chi connectivity index (χ4n) is 6.21. The Morgan fingerprint density at radius 3 is 0.427 bits per heavy atom. The number of carbonyl (C=O) groups is 21. The van der Waals surface area contributed by atoms with E-state index in [2.05, 4.69) is 47.4 Å². The van der Waals surface area contributed by atoms with Gasteiger partial charge in [0.1, 0.15) is 0 Å². The van der Waals surface area contributed by atoms with Crippen molar-refractivity contribution < 1.29 is 167 Å². The number of carbonyl (C=O) groups excluding carboxylic acids is 21. The Bertz CT molecular complexity index is 2700. The molecule has 0 heterocycles. The van der Waals surface area contributed by atoms with Crippen molar-refractivity contribution in [3.05, 3.63) is 0 Å². The predicted octanol–water partition coefficient (Wildman–Crippen LogP) is 6.61. The Morgan fingerprint density at radius 1 is 0.204 bits per heavy atom. The molecular formula is C68H108O35. The molecule has 0 N–H and O–H groups in total. The van der Waals surface area contributed by atoms with E-state index in [4.69, 9.17) is 18.9 Å². The molecule has 0 spiro atoms. The fraction of sp³-hybridized carbons (Fsp3) is 0.691. The lowest BCUT2D eigenvalue weighted by Crippen LogP contribution is -2.39. The first kappa shape index (κ1) is 107. The summed E-state index contributed by atoms with van der Waals surface area (Å²) in [5, 5.41) is 0. The van der Waals surface area contributed by atoms with Crippen LogP contribution in [0.2, 0.25) is 0 Å².